The van der Waals surface area contributed by atoms with E-state index >= 15 is 0 Å². The number of allylic oxidation sites excluding steroid dienone is 1. The molecule has 0 heterocycles. The van der Waals surface area contributed by atoms with E-state index in [1.165, 1.54) is 6.08 Å². The van der Waals surface area contributed by atoms with Crippen molar-refractivity contribution in [2.75, 3.05) is 27.7 Å². The number of carboxylic acids is 2. The summed E-state index contributed by atoms with van der Waals surface area (Å²) in [7, 11) is 5.60. The number of carbonyl (C=O) groups is 3. The van der Waals surface area contributed by atoms with Crippen molar-refractivity contribution in [3.8, 4) is 0 Å². The second-order valence-electron chi connectivity index (χ2n) is 7.02. The average molecular weight is 359 g/mol. The van der Waals surface area contributed by atoms with Gasteiger partial charge in [-0.2, -0.15) is 0 Å². The molecule has 144 valence electrons. The summed E-state index contributed by atoms with van der Waals surface area (Å²) in [6.45, 7) is 0.359. The van der Waals surface area contributed by atoms with Crippen LogP contribution in [0.4, 0.5) is 0 Å². The number of hydrogen-bond donors (Lipinski definition) is 2. The van der Waals surface area contributed by atoms with Crippen molar-refractivity contribution in [1.29, 1.82) is 0 Å². The Kier molecular flexibility index (Phi) is 10.7. The molecule has 0 bridgehead atoms. The van der Waals surface area contributed by atoms with Gasteiger partial charge in [-0.15, -0.1) is 0 Å². The molecule has 0 saturated heterocycles. The van der Waals surface area contributed by atoms with E-state index in [-0.39, 0.29) is 12.8 Å². The Morgan fingerprint density at radius 2 is 1.84 bits per heavy atom. The van der Waals surface area contributed by atoms with Gasteiger partial charge in [-0.25, -0.2) is 4.79 Å². The van der Waals surface area contributed by atoms with Crippen LogP contribution in [0.5, 0.6) is 0 Å². The minimum Gasteiger partial charge on any atom is -0.550 e. The maximum absolute atomic E-state index is 11.8. The van der Waals surface area contributed by atoms with E-state index in [1.54, 1.807) is 0 Å². The lowest BCUT2D eigenvalue weighted by molar-refractivity contribution is -0.873. The summed E-state index contributed by atoms with van der Waals surface area (Å²) in [5.74, 6) is -2.80. The SMILES string of the molecule is C[N+](C)(C)CC(CC(=O)[O-])OC(=O)CCCC(O)CC/C=C/C(=O)O. The van der Waals surface area contributed by atoms with Gasteiger partial charge < -0.3 is 29.3 Å². The molecule has 0 aliphatic carbocycles. The quantitative estimate of drug-likeness (QED) is 0.263. The van der Waals surface area contributed by atoms with Crippen LogP contribution in [0.1, 0.15) is 38.5 Å². The maximum Gasteiger partial charge on any atom is 0.327 e. The minimum atomic E-state index is -1.27. The normalized spacial score (nSPS) is 14.2. The Labute approximate surface area is 148 Å². The molecule has 0 spiro atoms. The van der Waals surface area contributed by atoms with Gasteiger partial charge in [-0.1, -0.05) is 6.08 Å². The van der Waals surface area contributed by atoms with Gasteiger partial charge in [0, 0.05) is 24.9 Å². The van der Waals surface area contributed by atoms with E-state index in [9.17, 15) is 24.6 Å². The number of aliphatic hydroxyl groups excluding tert-OH is 1. The number of carbonyl (C=O) groups excluding carboxylic acids is 2. The van der Waals surface area contributed by atoms with Gasteiger partial charge in [-0.3, -0.25) is 4.79 Å². The molecule has 0 saturated carbocycles. The molecule has 8 nitrogen and oxygen atoms in total. The van der Waals surface area contributed by atoms with Crippen molar-refractivity contribution in [2.45, 2.75) is 50.7 Å². The second kappa shape index (κ2) is 11.6. The third-order valence-corrected chi connectivity index (χ3v) is 3.29. The lowest BCUT2D eigenvalue weighted by atomic mass is 10.1. The van der Waals surface area contributed by atoms with E-state index < -0.39 is 30.1 Å². The number of carboxylic acid groups (broad SMARTS) is 2. The largest absolute Gasteiger partial charge is 0.550 e. The van der Waals surface area contributed by atoms with E-state index in [0.29, 0.717) is 36.7 Å². The van der Waals surface area contributed by atoms with Crippen molar-refractivity contribution in [3.05, 3.63) is 12.2 Å². The Morgan fingerprint density at radius 1 is 1.20 bits per heavy atom. The molecule has 0 aromatic heterocycles. The molecule has 2 atom stereocenters. The molecule has 0 aliphatic heterocycles. The van der Waals surface area contributed by atoms with E-state index in [2.05, 4.69) is 0 Å². The van der Waals surface area contributed by atoms with Gasteiger partial charge in [0.1, 0.15) is 6.54 Å². The first-order valence-corrected chi connectivity index (χ1v) is 8.27. The van der Waals surface area contributed by atoms with Crippen molar-refractivity contribution < 1.29 is 38.9 Å². The van der Waals surface area contributed by atoms with Crippen LogP contribution in [0.15, 0.2) is 12.2 Å². The predicted molar refractivity (Wildman–Crippen MR) is 88.3 cm³/mol. The van der Waals surface area contributed by atoms with Crippen LogP contribution in [0.2, 0.25) is 0 Å². The smallest absolute Gasteiger partial charge is 0.327 e. The number of likely N-dealkylation sites (N-methyl/N-ethyl adjacent to an activating group) is 1. The molecule has 0 aromatic carbocycles. The molecule has 0 amide bonds. The van der Waals surface area contributed by atoms with Crippen LogP contribution >= 0.6 is 0 Å². The van der Waals surface area contributed by atoms with Crippen molar-refractivity contribution in [2.24, 2.45) is 0 Å². The summed E-state index contributed by atoms with van der Waals surface area (Å²) in [5, 5.41) is 29.0. The van der Waals surface area contributed by atoms with Crippen LogP contribution in [0.3, 0.4) is 0 Å². The molecule has 25 heavy (non-hydrogen) atoms. The first-order chi connectivity index (χ1) is 11.5. The fourth-order valence-electron chi connectivity index (χ4n) is 2.28. The fourth-order valence-corrected chi connectivity index (χ4v) is 2.28. The molecule has 0 radical (unpaired) electrons. The number of rotatable bonds is 13. The number of hydrogen-bond acceptors (Lipinski definition) is 6. The number of ether oxygens (including phenoxy) is 1. The van der Waals surface area contributed by atoms with Crippen molar-refractivity contribution >= 4 is 17.9 Å². The molecule has 0 aliphatic rings. The highest BCUT2D eigenvalue weighted by atomic mass is 16.5. The Hall–Kier alpha value is -1.93. The molecule has 2 N–H and O–H groups in total. The number of nitrogens with zero attached hydrogens (tertiary/aromatic N) is 1. The van der Waals surface area contributed by atoms with Gasteiger partial charge in [0.15, 0.2) is 6.10 Å². The van der Waals surface area contributed by atoms with Crippen LogP contribution < -0.4 is 5.11 Å². The standard InChI is InChI=1S/C17H29NO7/c1-18(2,3)12-14(11-16(22)23)25-17(24)10-6-8-13(19)7-4-5-9-15(20)21/h5,9,13-14,19H,4,6-8,10-12H2,1-3H3,(H-,20,21,22,23)/b9-5+. The Morgan fingerprint density at radius 3 is 2.36 bits per heavy atom. The van der Waals surface area contributed by atoms with Crippen LogP contribution in [0.25, 0.3) is 0 Å². The summed E-state index contributed by atoms with van der Waals surface area (Å²) in [6, 6.07) is 0. The van der Waals surface area contributed by atoms with Gasteiger partial charge in [0.05, 0.1) is 27.2 Å². The van der Waals surface area contributed by atoms with Crippen LogP contribution in [0, 0.1) is 0 Å². The molecule has 8 heteroatoms. The zero-order valence-corrected chi connectivity index (χ0v) is 15.1. The van der Waals surface area contributed by atoms with E-state index in [0.717, 1.165) is 6.08 Å². The Bertz CT molecular complexity index is 468. The average Bonchev–Trinajstić information content (AvgIpc) is 2.40. The zero-order valence-electron chi connectivity index (χ0n) is 15.1. The van der Waals surface area contributed by atoms with Gasteiger partial charge >= 0.3 is 11.9 Å². The highest BCUT2D eigenvalue weighted by Gasteiger charge is 2.22. The Balaban J connectivity index is 4.13. The predicted octanol–water partition coefficient (Wildman–Crippen LogP) is -0.303. The first kappa shape index (κ1) is 23.1. The first-order valence-electron chi connectivity index (χ1n) is 8.27. The van der Waals surface area contributed by atoms with E-state index in [1.807, 2.05) is 21.1 Å². The third-order valence-electron chi connectivity index (χ3n) is 3.29. The summed E-state index contributed by atoms with van der Waals surface area (Å²) in [5.41, 5.74) is 0. The summed E-state index contributed by atoms with van der Waals surface area (Å²) in [4.78, 5) is 32.9. The number of aliphatic carboxylic acids is 2. The van der Waals surface area contributed by atoms with Crippen molar-refractivity contribution in [3.63, 3.8) is 0 Å². The molecule has 0 aromatic rings. The summed E-state index contributed by atoms with van der Waals surface area (Å²) < 4.78 is 5.66. The van der Waals surface area contributed by atoms with Crippen LogP contribution in [-0.4, -0.2) is 72.5 Å². The molecular formula is C17H29NO7. The summed E-state index contributed by atoms with van der Waals surface area (Å²) in [6.07, 6.45) is 2.50. The third kappa shape index (κ3) is 15.3. The topological polar surface area (TPSA) is 124 Å². The monoisotopic (exact) mass is 359 g/mol. The molecule has 0 rings (SSSR count). The number of quaternary nitrogens is 1. The zero-order chi connectivity index (χ0) is 19.5. The van der Waals surface area contributed by atoms with E-state index in [4.69, 9.17) is 9.84 Å². The lowest BCUT2D eigenvalue weighted by Crippen LogP contribution is -2.45. The number of aliphatic hydroxyl groups is 1. The summed E-state index contributed by atoms with van der Waals surface area (Å²) >= 11 is 0. The number of esters is 1. The van der Waals surface area contributed by atoms with Gasteiger partial charge in [0.2, 0.25) is 0 Å². The fraction of sp³-hybridized carbons (Fsp3) is 0.706. The highest BCUT2D eigenvalue weighted by molar-refractivity contribution is 5.79. The minimum absolute atomic E-state index is 0.0860. The van der Waals surface area contributed by atoms with Crippen molar-refractivity contribution in [1.82, 2.24) is 0 Å². The maximum atomic E-state index is 11.8. The molecular weight excluding hydrogens is 330 g/mol. The molecule has 2 unspecified atom stereocenters. The lowest BCUT2D eigenvalue weighted by Gasteiger charge is -2.29. The second-order valence-corrected chi connectivity index (χ2v) is 7.02. The molecule has 0 fully saturated rings. The van der Waals surface area contributed by atoms with Crippen LogP contribution in [-0.2, 0) is 19.1 Å². The van der Waals surface area contributed by atoms with Gasteiger partial charge in [-0.05, 0) is 25.7 Å². The van der Waals surface area contributed by atoms with Gasteiger partial charge in [0.25, 0.3) is 0 Å². The highest BCUT2D eigenvalue weighted by Crippen LogP contribution is 2.11.